The van der Waals surface area contributed by atoms with Crippen LogP contribution >= 0.6 is 0 Å². The number of nitrogens with one attached hydrogen (secondary N) is 1. The van der Waals surface area contributed by atoms with Gasteiger partial charge in [0.2, 0.25) is 0 Å². The van der Waals surface area contributed by atoms with E-state index >= 15 is 0 Å². The zero-order valence-electron chi connectivity index (χ0n) is 7.63. The minimum absolute atomic E-state index is 0.594. The van der Waals surface area contributed by atoms with Gasteiger partial charge in [0, 0.05) is 32.2 Å². The van der Waals surface area contributed by atoms with Crippen molar-refractivity contribution in [2.24, 2.45) is 0 Å². The van der Waals surface area contributed by atoms with E-state index in [4.69, 9.17) is 0 Å². The van der Waals surface area contributed by atoms with E-state index in [0.717, 1.165) is 32.6 Å². The summed E-state index contributed by atoms with van der Waals surface area (Å²) in [5.41, 5.74) is 0. The van der Waals surface area contributed by atoms with Gasteiger partial charge in [0.1, 0.15) is 0 Å². The smallest absolute Gasteiger partial charge is 0.0230 e. The molecule has 68 valence electrons. The van der Waals surface area contributed by atoms with Crippen LogP contribution < -0.4 is 5.32 Å². The highest BCUT2D eigenvalue weighted by atomic mass is 15.2. The highest BCUT2D eigenvalue weighted by Crippen LogP contribution is 2.02. The van der Waals surface area contributed by atoms with Crippen LogP contribution in [0.15, 0.2) is 25.3 Å². The molecule has 12 heavy (non-hydrogen) atoms. The van der Waals surface area contributed by atoms with Crippen molar-refractivity contribution in [3.05, 3.63) is 25.3 Å². The third-order valence-corrected chi connectivity index (χ3v) is 2.18. The summed E-state index contributed by atoms with van der Waals surface area (Å²) in [5.74, 6) is 0. The SMILES string of the molecule is C=CCC1CN(CC=C)CCN1. The molecule has 0 amide bonds. The summed E-state index contributed by atoms with van der Waals surface area (Å²) in [4.78, 5) is 2.41. The van der Waals surface area contributed by atoms with E-state index in [9.17, 15) is 0 Å². The zero-order chi connectivity index (χ0) is 8.81. The van der Waals surface area contributed by atoms with Crippen molar-refractivity contribution in [1.29, 1.82) is 0 Å². The normalized spacial score (nSPS) is 25.2. The van der Waals surface area contributed by atoms with E-state index in [0.29, 0.717) is 6.04 Å². The molecule has 2 nitrogen and oxygen atoms in total. The Balaban J connectivity index is 2.29. The van der Waals surface area contributed by atoms with Crippen LogP contribution in [0, 0.1) is 0 Å². The first kappa shape index (κ1) is 9.49. The molecule has 0 saturated carbocycles. The molecule has 1 saturated heterocycles. The van der Waals surface area contributed by atoms with Crippen LogP contribution in [-0.2, 0) is 0 Å². The fourth-order valence-corrected chi connectivity index (χ4v) is 1.60. The second-order valence-corrected chi connectivity index (χ2v) is 3.22. The van der Waals surface area contributed by atoms with E-state index in [1.54, 1.807) is 0 Å². The molecule has 0 aromatic rings. The molecule has 1 fully saturated rings. The maximum absolute atomic E-state index is 3.75. The molecule has 1 unspecified atom stereocenters. The molecule has 1 aliphatic rings. The van der Waals surface area contributed by atoms with Gasteiger partial charge in [-0.25, -0.2) is 0 Å². The molecule has 2 heteroatoms. The van der Waals surface area contributed by atoms with Gasteiger partial charge >= 0.3 is 0 Å². The second-order valence-electron chi connectivity index (χ2n) is 3.22. The molecule has 1 rings (SSSR count). The Morgan fingerprint density at radius 2 is 2.25 bits per heavy atom. The number of rotatable bonds is 4. The van der Waals surface area contributed by atoms with Gasteiger partial charge in [0.15, 0.2) is 0 Å². The van der Waals surface area contributed by atoms with Gasteiger partial charge in [0.05, 0.1) is 0 Å². The second kappa shape index (κ2) is 5.12. The van der Waals surface area contributed by atoms with Gasteiger partial charge in [0.25, 0.3) is 0 Å². The van der Waals surface area contributed by atoms with Gasteiger partial charge in [-0.15, -0.1) is 13.2 Å². The Labute approximate surface area is 74.9 Å². The third-order valence-electron chi connectivity index (χ3n) is 2.18. The lowest BCUT2D eigenvalue weighted by Crippen LogP contribution is -2.50. The van der Waals surface area contributed by atoms with Crippen molar-refractivity contribution >= 4 is 0 Å². The monoisotopic (exact) mass is 166 g/mol. The summed E-state index contributed by atoms with van der Waals surface area (Å²) in [6.45, 7) is 11.9. The molecule has 0 aromatic carbocycles. The maximum Gasteiger partial charge on any atom is 0.0230 e. The van der Waals surface area contributed by atoms with Gasteiger partial charge in [-0.3, -0.25) is 4.90 Å². The fraction of sp³-hybridized carbons (Fsp3) is 0.600. The Morgan fingerprint density at radius 1 is 1.42 bits per heavy atom. The van der Waals surface area contributed by atoms with Crippen LogP contribution in [0.1, 0.15) is 6.42 Å². The summed E-state index contributed by atoms with van der Waals surface area (Å²) in [6, 6.07) is 0.594. The van der Waals surface area contributed by atoms with Crippen LogP contribution in [0.5, 0.6) is 0 Å². The predicted octanol–water partition coefficient (Wildman–Crippen LogP) is 1.02. The summed E-state index contributed by atoms with van der Waals surface area (Å²) >= 11 is 0. The first-order chi connectivity index (χ1) is 5.86. The molecular formula is C10H18N2. The summed E-state index contributed by atoms with van der Waals surface area (Å²) < 4.78 is 0. The molecule has 0 aromatic heterocycles. The van der Waals surface area contributed by atoms with Gasteiger partial charge in [-0.05, 0) is 6.42 Å². The lowest BCUT2D eigenvalue weighted by Gasteiger charge is -2.32. The van der Waals surface area contributed by atoms with Gasteiger partial charge in [-0.1, -0.05) is 12.2 Å². The Kier molecular flexibility index (Phi) is 4.05. The third kappa shape index (κ3) is 2.80. The molecule has 0 aliphatic carbocycles. The van der Waals surface area contributed by atoms with E-state index in [-0.39, 0.29) is 0 Å². The molecule has 0 spiro atoms. The Bertz CT molecular complexity index is 138. The van der Waals surface area contributed by atoms with Crippen LogP contribution in [0.25, 0.3) is 0 Å². The average Bonchev–Trinajstić information content (AvgIpc) is 2.06. The lowest BCUT2D eigenvalue weighted by atomic mass is 10.1. The molecular weight excluding hydrogens is 148 g/mol. The van der Waals surface area contributed by atoms with Crippen molar-refractivity contribution < 1.29 is 0 Å². The quantitative estimate of drug-likeness (QED) is 0.627. The van der Waals surface area contributed by atoms with Crippen molar-refractivity contribution in [3.63, 3.8) is 0 Å². The predicted molar refractivity (Wildman–Crippen MR) is 53.2 cm³/mol. The van der Waals surface area contributed by atoms with E-state index in [1.165, 1.54) is 0 Å². The summed E-state index contributed by atoms with van der Waals surface area (Å²) in [5, 5.41) is 3.46. The van der Waals surface area contributed by atoms with Gasteiger partial charge in [-0.2, -0.15) is 0 Å². The lowest BCUT2D eigenvalue weighted by molar-refractivity contribution is 0.219. The zero-order valence-corrected chi connectivity index (χ0v) is 7.63. The van der Waals surface area contributed by atoms with Crippen molar-refractivity contribution in [1.82, 2.24) is 10.2 Å². The Morgan fingerprint density at radius 3 is 2.92 bits per heavy atom. The molecule has 1 N–H and O–H groups in total. The summed E-state index contributed by atoms with van der Waals surface area (Å²) in [6.07, 6.45) is 5.01. The van der Waals surface area contributed by atoms with E-state index < -0.39 is 0 Å². The standard InChI is InChI=1S/C10H18N2/c1-3-5-10-9-12(7-4-2)8-6-11-10/h3-4,10-11H,1-2,5-9H2. The van der Waals surface area contributed by atoms with Gasteiger partial charge < -0.3 is 5.32 Å². The topological polar surface area (TPSA) is 15.3 Å². The number of nitrogens with zero attached hydrogens (tertiary/aromatic N) is 1. The van der Waals surface area contributed by atoms with E-state index in [1.807, 2.05) is 12.2 Å². The first-order valence-corrected chi connectivity index (χ1v) is 4.54. The van der Waals surface area contributed by atoms with Crippen LogP contribution in [0.2, 0.25) is 0 Å². The molecule has 1 heterocycles. The number of hydrogen-bond acceptors (Lipinski definition) is 2. The fourth-order valence-electron chi connectivity index (χ4n) is 1.60. The van der Waals surface area contributed by atoms with Crippen LogP contribution in [0.4, 0.5) is 0 Å². The molecule has 0 bridgehead atoms. The largest absolute Gasteiger partial charge is 0.311 e. The maximum atomic E-state index is 3.75. The van der Waals surface area contributed by atoms with Crippen molar-refractivity contribution in [2.45, 2.75) is 12.5 Å². The highest BCUT2D eigenvalue weighted by Gasteiger charge is 2.16. The van der Waals surface area contributed by atoms with Crippen molar-refractivity contribution in [3.8, 4) is 0 Å². The minimum Gasteiger partial charge on any atom is -0.311 e. The first-order valence-electron chi connectivity index (χ1n) is 4.54. The van der Waals surface area contributed by atoms with Crippen LogP contribution in [-0.4, -0.2) is 37.1 Å². The molecule has 1 aliphatic heterocycles. The van der Waals surface area contributed by atoms with Crippen LogP contribution in [0.3, 0.4) is 0 Å². The molecule has 1 atom stereocenters. The number of hydrogen-bond donors (Lipinski definition) is 1. The Hall–Kier alpha value is -0.600. The molecule has 0 radical (unpaired) electrons. The van der Waals surface area contributed by atoms with E-state index in [2.05, 4.69) is 23.4 Å². The average molecular weight is 166 g/mol. The highest BCUT2D eigenvalue weighted by molar-refractivity contribution is 4.86. The van der Waals surface area contributed by atoms with Crippen molar-refractivity contribution in [2.75, 3.05) is 26.2 Å². The summed E-state index contributed by atoms with van der Waals surface area (Å²) in [7, 11) is 0. The minimum atomic E-state index is 0.594. The number of piperazine rings is 1.